The molecule has 1 rings (SSSR count). The Morgan fingerprint density at radius 3 is 2.88 bits per heavy atom. The van der Waals surface area contributed by atoms with Crippen molar-refractivity contribution in [1.82, 2.24) is 5.32 Å². The zero-order valence-electron chi connectivity index (χ0n) is 10.4. The first kappa shape index (κ1) is 13.1. The average Bonchev–Trinajstić information content (AvgIpc) is 2.28. The van der Waals surface area contributed by atoms with E-state index in [1.54, 1.807) is 12.3 Å². The van der Waals surface area contributed by atoms with Gasteiger partial charge in [-0.1, -0.05) is 6.07 Å². The summed E-state index contributed by atoms with van der Waals surface area (Å²) in [6.07, 6.45) is 3.52. The summed E-state index contributed by atoms with van der Waals surface area (Å²) in [5.41, 5.74) is 9.09. The van der Waals surface area contributed by atoms with Crippen molar-refractivity contribution in [2.24, 2.45) is 0 Å². The van der Waals surface area contributed by atoms with Crippen molar-refractivity contribution in [3.8, 4) is 0 Å². The predicted molar refractivity (Wildman–Crippen MR) is 74.6 cm³/mol. The van der Waals surface area contributed by atoms with Crippen LogP contribution in [0.25, 0.3) is 0 Å². The lowest BCUT2D eigenvalue weighted by atomic mass is 10.2. The van der Waals surface area contributed by atoms with Crippen molar-refractivity contribution < 1.29 is 0 Å². The molecule has 1 aromatic rings. The Kier molecular flexibility index (Phi) is 5.07. The van der Waals surface area contributed by atoms with Gasteiger partial charge in [0.25, 0.3) is 0 Å². The molecule has 0 saturated carbocycles. The fourth-order valence-corrected chi connectivity index (χ4v) is 1.37. The summed E-state index contributed by atoms with van der Waals surface area (Å²) in [6, 6.07) is 5.85. The van der Waals surface area contributed by atoms with Gasteiger partial charge in [0.1, 0.15) is 0 Å². The Morgan fingerprint density at radius 2 is 2.24 bits per heavy atom. The standard InChI is InChI=1S/C13H20N4/c1-3-16-7-6-11(14)9-17-13-5-4-10(2)8-12(13)15/h4-8,14,16-17H,3,9,15H2,1-2H3/b7-6-,14-11?. The maximum atomic E-state index is 7.70. The van der Waals surface area contributed by atoms with Gasteiger partial charge in [-0.2, -0.15) is 0 Å². The molecule has 0 aliphatic rings. The highest BCUT2D eigenvalue weighted by Gasteiger charge is 1.99. The maximum Gasteiger partial charge on any atom is 0.0577 e. The van der Waals surface area contributed by atoms with Crippen LogP contribution < -0.4 is 16.4 Å². The Morgan fingerprint density at radius 1 is 1.47 bits per heavy atom. The lowest BCUT2D eigenvalue weighted by Gasteiger charge is -2.09. The second-order valence-corrected chi connectivity index (χ2v) is 3.86. The lowest BCUT2D eigenvalue weighted by Crippen LogP contribution is -2.13. The number of hydrogen-bond acceptors (Lipinski definition) is 4. The van der Waals surface area contributed by atoms with Crippen molar-refractivity contribution in [3.05, 3.63) is 36.0 Å². The SMILES string of the molecule is CCN/C=C\C(=N)CNc1ccc(C)cc1N. The van der Waals surface area contributed by atoms with E-state index in [4.69, 9.17) is 11.1 Å². The molecular formula is C13H20N4. The first-order valence-electron chi connectivity index (χ1n) is 5.71. The zero-order valence-corrected chi connectivity index (χ0v) is 10.4. The van der Waals surface area contributed by atoms with Crippen LogP contribution in [0.15, 0.2) is 30.5 Å². The van der Waals surface area contributed by atoms with Crippen molar-refractivity contribution in [2.45, 2.75) is 13.8 Å². The van der Waals surface area contributed by atoms with Gasteiger partial charge in [0.15, 0.2) is 0 Å². The van der Waals surface area contributed by atoms with E-state index in [2.05, 4.69) is 10.6 Å². The Labute approximate surface area is 102 Å². The molecule has 0 spiro atoms. The van der Waals surface area contributed by atoms with Crippen LogP contribution in [-0.4, -0.2) is 18.8 Å². The van der Waals surface area contributed by atoms with E-state index in [0.717, 1.165) is 17.8 Å². The third kappa shape index (κ3) is 4.59. The van der Waals surface area contributed by atoms with Crippen LogP contribution in [0.4, 0.5) is 11.4 Å². The Balaban J connectivity index is 2.47. The number of nitrogens with one attached hydrogen (secondary N) is 3. The van der Waals surface area contributed by atoms with Crippen LogP contribution >= 0.6 is 0 Å². The molecule has 0 bridgehead atoms. The topological polar surface area (TPSA) is 73.9 Å². The number of aryl methyl sites for hydroxylation is 1. The van der Waals surface area contributed by atoms with Crippen molar-refractivity contribution >= 4 is 17.1 Å². The van der Waals surface area contributed by atoms with Crippen LogP contribution in [0, 0.1) is 12.3 Å². The second kappa shape index (κ2) is 6.58. The van der Waals surface area contributed by atoms with E-state index >= 15 is 0 Å². The fraction of sp³-hybridized carbons (Fsp3) is 0.308. The van der Waals surface area contributed by atoms with Crippen molar-refractivity contribution in [2.75, 3.05) is 24.1 Å². The number of hydrogen-bond donors (Lipinski definition) is 4. The minimum absolute atomic E-state index is 0.467. The third-order valence-corrected chi connectivity index (χ3v) is 2.28. The van der Waals surface area contributed by atoms with Gasteiger partial charge in [-0.05, 0) is 43.8 Å². The highest BCUT2D eigenvalue weighted by atomic mass is 14.9. The van der Waals surface area contributed by atoms with Crippen LogP contribution in [-0.2, 0) is 0 Å². The van der Waals surface area contributed by atoms with Gasteiger partial charge < -0.3 is 21.8 Å². The van der Waals surface area contributed by atoms with Gasteiger partial charge in [-0.15, -0.1) is 0 Å². The summed E-state index contributed by atoms with van der Waals surface area (Å²) in [5, 5.41) is 13.9. The molecule has 5 N–H and O–H groups in total. The monoisotopic (exact) mass is 232 g/mol. The van der Waals surface area contributed by atoms with E-state index in [1.165, 1.54) is 0 Å². The van der Waals surface area contributed by atoms with E-state index in [0.29, 0.717) is 17.9 Å². The number of benzene rings is 1. The summed E-state index contributed by atoms with van der Waals surface area (Å²) < 4.78 is 0. The van der Waals surface area contributed by atoms with E-state index < -0.39 is 0 Å². The summed E-state index contributed by atoms with van der Waals surface area (Å²) in [4.78, 5) is 0. The quantitative estimate of drug-likeness (QED) is 0.448. The molecule has 0 amide bonds. The van der Waals surface area contributed by atoms with Crippen molar-refractivity contribution in [1.29, 1.82) is 5.41 Å². The lowest BCUT2D eigenvalue weighted by molar-refractivity contribution is 0.920. The molecule has 4 nitrogen and oxygen atoms in total. The summed E-state index contributed by atoms with van der Waals surface area (Å²) in [6.45, 7) is 5.35. The van der Waals surface area contributed by atoms with E-state index in [-0.39, 0.29) is 0 Å². The third-order valence-electron chi connectivity index (χ3n) is 2.28. The van der Waals surface area contributed by atoms with Crippen LogP contribution in [0.3, 0.4) is 0 Å². The first-order valence-corrected chi connectivity index (χ1v) is 5.71. The second-order valence-electron chi connectivity index (χ2n) is 3.86. The predicted octanol–water partition coefficient (Wildman–Crippen LogP) is 2.13. The molecular weight excluding hydrogens is 212 g/mol. The largest absolute Gasteiger partial charge is 0.397 e. The Bertz CT molecular complexity index is 410. The molecule has 0 heterocycles. The van der Waals surface area contributed by atoms with Gasteiger partial charge in [0, 0.05) is 6.54 Å². The summed E-state index contributed by atoms with van der Waals surface area (Å²) in [7, 11) is 0. The normalized spacial score (nSPS) is 10.5. The van der Waals surface area contributed by atoms with Crippen molar-refractivity contribution in [3.63, 3.8) is 0 Å². The average molecular weight is 232 g/mol. The Hall–Kier alpha value is -1.97. The van der Waals surface area contributed by atoms with Crippen LogP contribution in [0.5, 0.6) is 0 Å². The maximum absolute atomic E-state index is 7.70. The summed E-state index contributed by atoms with van der Waals surface area (Å²) >= 11 is 0. The number of nitrogens with two attached hydrogens (primary N) is 1. The molecule has 4 heteroatoms. The number of anilines is 2. The smallest absolute Gasteiger partial charge is 0.0577 e. The van der Waals surface area contributed by atoms with Gasteiger partial charge in [-0.3, -0.25) is 0 Å². The molecule has 0 atom stereocenters. The highest BCUT2D eigenvalue weighted by Crippen LogP contribution is 2.18. The molecule has 0 fully saturated rings. The summed E-state index contributed by atoms with van der Waals surface area (Å²) in [5.74, 6) is 0. The molecule has 1 aromatic carbocycles. The highest BCUT2D eigenvalue weighted by molar-refractivity contribution is 5.95. The van der Waals surface area contributed by atoms with E-state index in [1.807, 2.05) is 32.0 Å². The van der Waals surface area contributed by atoms with Crippen LogP contribution in [0.1, 0.15) is 12.5 Å². The van der Waals surface area contributed by atoms with Gasteiger partial charge in [-0.25, -0.2) is 0 Å². The zero-order chi connectivity index (χ0) is 12.7. The minimum Gasteiger partial charge on any atom is -0.397 e. The molecule has 0 radical (unpaired) electrons. The van der Waals surface area contributed by atoms with Gasteiger partial charge in [0.05, 0.1) is 23.6 Å². The van der Waals surface area contributed by atoms with Crippen LogP contribution in [0.2, 0.25) is 0 Å². The molecule has 0 aromatic heterocycles. The number of nitrogen functional groups attached to an aromatic ring is 1. The van der Waals surface area contributed by atoms with Gasteiger partial charge >= 0.3 is 0 Å². The number of rotatable bonds is 6. The molecule has 0 unspecified atom stereocenters. The molecule has 17 heavy (non-hydrogen) atoms. The van der Waals surface area contributed by atoms with Gasteiger partial charge in [0.2, 0.25) is 0 Å². The first-order chi connectivity index (χ1) is 8.13. The molecule has 92 valence electrons. The molecule has 0 aliphatic carbocycles. The molecule has 0 saturated heterocycles. The fourth-order valence-electron chi connectivity index (χ4n) is 1.37. The molecule has 0 aliphatic heterocycles. The minimum atomic E-state index is 0.467. The van der Waals surface area contributed by atoms with E-state index in [9.17, 15) is 0 Å².